The van der Waals surface area contributed by atoms with Crippen LogP contribution in [0, 0.1) is 16.2 Å². The molecule has 6 aromatic heterocycles. The number of aromatic amines is 3. The molecule has 0 saturated carbocycles. The van der Waals surface area contributed by atoms with Crippen molar-refractivity contribution in [2.24, 2.45) is 45.9 Å². The number of guanidine groups is 3. The summed E-state index contributed by atoms with van der Waals surface area (Å²) in [6, 6.07) is 5.47. The van der Waals surface area contributed by atoms with Crippen molar-refractivity contribution in [3.05, 3.63) is 144 Å². The SMILES string of the molecule is CC(=O)N[C@@H](CCCCn1cc(C[C@H](NC(=O)[C@H](Cc2c[nH]c3ccccc23)NC(=O)[C@H](Cc2cn(CCCC[C@H](NC(C)=O)C(=O)N[C@@H](CCCNC(=N)N)C(N)=O)nn2)NC(=O)[C@H](Cc2c[nH]c3ccccc23)NC(=O)[C@@H](N)Cc2cn(CCCC[C@H](NC(C)=O)C(=O)N[C@@H](CCCNC(=N)N)C(N)=O)nn2)C(=O)N[C@@H](Cc2c[nH]c3ccccc23)C(N)=O)nn1)C(=O)N[C@@H](CCCNC(=N)N)C(N)=O. The third-order valence-corrected chi connectivity index (χ3v) is 23.2. The van der Waals surface area contributed by atoms with E-state index in [4.69, 9.17) is 62.1 Å². The van der Waals surface area contributed by atoms with Crippen molar-refractivity contribution in [1.82, 2.24) is 134 Å². The van der Waals surface area contributed by atoms with Gasteiger partial charge in [-0.3, -0.25) is 102 Å². The van der Waals surface area contributed by atoms with Crippen LogP contribution in [0.25, 0.3) is 32.7 Å². The van der Waals surface area contributed by atoms with Crippen LogP contribution < -0.4 is 120 Å². The van der Waals surface area contributed by atoms with Crippen LogP contribution in [0.3, 0.4) is 0 Å². The Hall–Kier alpha value is -16.5. The lowest BCUT2D eigenvalue weighted by molar-refractivity contribution is -0.135. The summed E-state index contributed by atoms with van der Waals surface area (Å²) in [4.78, 5) is 216. The first-order valence-corrected chi connectivity index (χ1v) is 46.6. The Labute approximate surface area is 815 Å². The number of H-pyrrole nitrogens is 3. The Kier molecular flexibility index (Phi) is 42.0. The molecule has 764 valence electrons. The summed E-state index contributed by atoms with van der Waals surface area (Å²) < 4.78 is 4.36. The zero-order valence-corrected chi connectivity index (χ0v) is 79.2. The molecule has 52 heteroatoms. The number of primary amides is 4. The lowest BCUT2D eigenvalue weighted by Crippen LogP contribution is -2.60. The van der Waals surface area contributed by atoms with Crippen LogP contribution >= 0.6 is 0 Å². The van der Waals surface area contributed by atoms with Crippen molar-refractivity contribution >= 4 is 139 Å². The number of nitrogens with two attached hydrogens (primary N) is 8. The molecule has 0 saturated heterocycles. The number of fused-ring (bicyclic) bond motifs is 3. The molecule has 12 atom stereocenters. The predicted octanol–water partition coefficient (Wildman–Crippen LogP) is -5.38. The van der Waals surface area contributed by atoms with Gasteiger partial charge >= 0.3 is 0 Å². The van der Waals surface area contributed by atoms with Gasteiger partial charge in [-0.25, -0.2) is 0 Å². The number of para-hydroxylation sites is 3. The third kappa shape index (κ3) is 35.5. The van der Waals surface area contributed by atoms with Gasteiger partial charge in [-0.2, -0.15) is 0 Å². The van der Waals surface area contributed by atoms with Gasteiger partial charge < -0.3 is 135 Å². The molecule has 0 bridgehead atoms. The highest BCUT2D eigenvalue weighted by Crippen LogP contribution is 2.24. The fraction of sp³-hybridized carbons (Fsp3) is 0.467. The maximum absolute atomic E-state index is 16.0. The molecule has 0 unspecified atom stereocenters. The zero-order chi connectivity index (χ0) is 103. The van der Waals surface area contributed by atoms with Crippen LogP contribution in [0.4, 0.5) is 0 Å². The number of hydrogen-bond acceptors (Lipinski definition) is 25. The number of benzene rings is 3. The Morgan fingerprint density at radius 1 is 0.303 bits per heavy atom. The highest BCUT2D eigenvalue weighted by Gasteiger charge is 2.37. The Morgan fingerprint density at radius 3 is 0.838 bits per heavy atom. The summed E-state index contributed by atoms with van der Waals surface area (Å²) in [6.07, 6.45) is 11.2. The van der Waals surface area contributed by atoms with Crippen LogP contribution in [0.5, 0.6) is 0 Å². The molecule has 3 aromatic carbocycles. The first-order valence-electron chi connectivity index (χ1n) is 46.6. The molecule has 142 heavy (non-hydrogen) atoms. The largest absolute Gasteiger partial charge is 0.370 e. The molecule has 0 fully saturated rings. The number of aromatic nitrogens is 12. The summed E-state index contributed by atoms with van der Waals surface area (Å²) in [5.41, 5.74) is 50.0. The lowest BCUT2D eigenvalue weighted by atomic mass is 10.0. The fourth-order valence-electron chi connectivity index (χ4n) is 16.0. The second-order valence-electron chi connectivity index (χ2n) is 34.6. The van der Waals surface area contributed by atoms with E-state index in [0.29, 0.717) is 89.9 Å². The molecule has 9 aromatic rings. The average Bonchev–Trinajstić information content (AvgIpc) is 1.67. The van der Waals surface area contributed by atoms with E-state index in [1.54, 1.807) is 79.4 Å². The molecule has 0 spiro atoms. The van der Waals surface area contributed by atoms with Gasteiger partial charge in [-0.15, -0.1) is 15.3 Å². The number of aryl methyl sites for hydroxylation is 3. The maximum Gasteiger partial charge on any atom is 0.243 e. The minimum Gasteiger partial charge on any atom is -0.370 e. The molecule has 0 radical (unpaired) electrons. The van der Waals surface area contributed by atoms with Gasteiger partial charge in [-0.1, -0.05) is 70.2 Å². The van der Waals surface area contributed by atoms with Crippen molar-refractivity contribution in [3.63, 3.8) is 0 Å². The van der Waals surface area contributed by atoms with Crippen molar-refractivity contribution in [2.75, 3.05) is 19.6 Å². The second kappa shape index (κ2) is 54.6. The topological polar surface area (TPSA) is 844 Å². The molecular weight excluding hydrogens is 1840 g/mol. The fourth-order valence-corrected chi connectivity index (χ4v) is 16.0. The van der Waals surface area contributed by atoms with E-state index in [9.17, 15) is 52.7 Å². The van der Waals surface area contributed by atoms with Gasteiger partial charge in [0.2, 0.25) is 88.6 Å². The van der Waals surface area contributed by atoms with E-state index in [-0.39, 0.29) is 145 Å². The molecule has 15 amide bonds. The number of amides is 15. The van der Waals surface area contributed by atoms with E-state index in [0.717, 1.165) is 10.9 Å². The number of nitrogens with one attached hydrogen (secondary N) is 20. The third-order valence-electron chi connectivity index (χ3n) is 23.2. The first kappa shape index (κ1) is 109. The van der Waals surface area contributed by atoms with Gasteiger partial charge in [0.15, 0.2) is 17.9 Å². The first-order chi connectivity index (χ1) is 67.8. The quantitative estimate of drug-likeness (QED) is 0.00961. The molecule has 9 rings (SSSR count). The standard InChI is InChI=1S/C90H129N37O15/c1-49(128)108-68(81(136)111-65(76(92)131)28-16-31-102-88(96)97)25-10-13-34-125-46-55(119-122-125)40-61(91)80(135)115-72(38-53-44-106-63-23-8-5-20-59(53)63)84(139)118-75(42-57-48-127(124-121-57)36-15-12-27-70(110-51(3)130)83(138)113-67(78(94)133)30-18-33-104-90(100)101)87(142)116-73(39-54-45-107-64-24-9-6-21-60(54)64)85(140)117-74(86(141)114-71(79(95)134)37-52-43-105-62-22-7-4-19-58(52)62)41-56-47-126(123-120-56)35-14-11-26-69(109-50(2)129)82(137)112-66(77(93)132)29-17-32-103-89(98)99/h4-9,19-24,43-48,61,65-75,105-107H,10-18,25-42,91H2,1-3H3,(H2,92,131)(H2,93,132)(H2,94,133)(H2,95,134)(H,108,128)(H,109,129)(H,110,130)(H,111,136)(H,112,137)(H,113,138)(H,114,141)(H,115,135)(H,116,142)(H,117,140)(H,118,139)(H4,96,97,102)(H4,98,99,103)(H4,100,101,104)/t61-,65-,66-,67-,68-,69-,70-,71-,72-,73-,74-,75-/m0/s1. The summed E-state index contributed by atoms with van der Waals surface area (Å²) in [5.74, 6) is -12.5. The summed E-state index contributed by atoms with van der Waals surface area (Å²) in [6.45, 7) is 4.88. The van der Waals surface area contributed by atoms with Gasteiger partial charge in [0, 0.05) is 168 Å². The number of hydrogen-bond donors (Lipinski definition) is 28. The van der Waals surface area contributed by atoms with E-state index < -0.39 is 174 Å². The van der Waals surface area contributed by atoms with Gasteiger partial charge in [0.1, 0.15) is 66.5 Å². The lowest BCUT2D eigenvalue weighted by Gasteiger charge is -2.27. The van der Waals surface area contributed by atoms with Crippen LogP contribution in [0.15, 0.2) is 110 Å². The van der Waals surface area contributed by atoms with E-state index in [1.165, 1.54) is 47.2 Å². The number of unbranched alkanes of at least 4 members (excludes halogenated alkanes) is 3. The van der Waals surface area contributed by atoms with Crippen LogP contribution in [0.1, 0.15) is 151 Å². The summed E-state index contributed by atoms with van der Waals surface area (Å²) >= 11 is 0. The molecule has 6 heterocycles. The smallest absolute Gasteiger partial charge is 0.243 e. The predicted molar refractivity (Wildman–Crippen MR) is 519 cm³/mol. The van der Waals surface area contributed by atoms with Gasteiger partial charge in [-0.05, 0) is 131 Å². The van der Waals surface area contributed by atoms with E-state index in [2.05, 4.69) is 120 Å². The molecular formula is C90H129N37O15. The van der Waals surface area contributed by atoms with Crippen molar-refractivity contribution < 1.29 is 71.9 Å². The number of carbonyl (C=O) groups is 15. The van der Waals surface area contributed by atoms with Gasteiger partial charge in [0.25, 0.3) is 0 Å². The molecule has 0 aliphatic carbocycles. The normalized spacial score (nSPS) is 13.8. The van der Waals surface area contributed by atoms with Crippen LogP contribution in [-0.2, 0) is 130 Å². The minimum absolute atomic E-state index is 0.0685. The second-order valence-corrected chi connectivity index (χ2v) is 34.6. The highest BCUT2D eigenvalue weighted by atomic mass is 16.2. The number of rotatable bonds is 62. The van der Waals surface area contributed by atoms with Crippen molar-refractivity contribution in [2.45, 2.75) is 248 Å². The molecule has 52 nitrogen and oxygen atoms in total. The average molecular weight is 1970 g/mol. The maximum atomic E-state index is 16.0. The van der Waals surface area contributed by atoms with Crippen molar-refractivity contribution in [1.29, 1.82) is 16.2 Å². The van der Waals surface area contributed by atoms with E-state index >= 15 is 19.2 Å². The number of carbonyl (C=O) groups excluding carboxylic acids is 15. The molecule has 0 aliphatic heterocycles. The molecule has 0 aliphatic rings. The minimum atomic E-state index is -1.73. The highest BCUT2D eigenvalue weighted by molar-refractivity contribution is 5.99. The Balaban J connectivity index is 0.999. The summed E-state index contributed by atoms with van der Waals surface area (Å²) in [7, 11) is 0. The van der Waals surface area contributed by atoms with Crippen LogP contribution in [-0.4, -0.2) is 259 Å². The Morgan fingerprint density at radius 2 is 0.549 bits per heavy atom. The monoisotopic (exact) mass is 1970 g/mol. The number of nitrogens with zero attached hydrogens (tertiary/aromatic N) is 9. The van der Waals surface area contributed by atoms with Crippen LogP contribution in [0.2, 0.25) is 0 Å². The van der Waals surface area contributed by atoms with Crippen molar-refractivity contribution in [3.8, 4) is 0 Å². The molecule has 36 N–H and O–H groups in total. The Bertz CT molecular complexity index is 5900. The zero-order valence-electron chi connectivity index (χ0n) is 79.2. The van der Waals surface area contributed by atoms with Gasteiger partial charge in [0.05, 0.1) is 23.1 Å². The summed E-state index contributed by atoms with van der Waals surface area (Å²) in [5, 5.41) is 87.7. The van der Waals surface area contributed by atoms with E-state index in [1.807, 2.05) is 18.2 Å².